The number of hydrogen-bond acceptors (Lipinski definition) is 6. The van der Waals surface area contributed by atoms with Gasteiger partial charge >= 0.3 is 5.63 Å². The molecule has 35 heavy (non-hydrogen) atoms. The highest BCUT2D eigenvalue weighted by Crippen LogP contribution is 2.38. The fraction of sp³-hybridized carbons (Fsp3) is 0.138. The number of hydrogen-bond donors (Lipinski definition) is 1. The Morgan fingerprint density at radius 3 is 2.37 bits per heavy atom. The van der Waals surface area contributed by atoms with E-state index >= 15 is 0 Å². The third-order valence-electron chi connectivity index (χ3n) is 5.74. The molecule has 5 rings (SSSR count). The third kappa shape index (κ3) is 4.83. The Morgan fingerprint density at radius 2 is 1.60 bits per heavy atom. The minimum absolute atomic E-state index is 0.0134. The fourth-order valence-corrected chi connectivity index (χ4v) is 3.96. The van der Waals surface area contributed by atoms with E-state index in [9.17, 15) is 9.90 Å². The van der Waals surface area contributed by atoms with Gasteiger partial charge in [0.25, 0.3) is 0 Å². The van der Waals surface area contributed by atoms with Crippen molar-refractivity contribution < 1.29 is 19.0 Å². The Labute approximate surface area is 202 Å². The van der Waals surface area contributed by atoms with Crippen LogP contribution in [0.2, 0.25) is 0 Å². The van der Waals surface area contributed by atoms with E-state index in [1.165, 1.54) is 6.07 Å². The summed E-state index contributed by atoms with van der Waals surface area (Å²) < 4.78 is 17.5. The van der Waals surface area contributed by atoms with E-state index in [1.54, 1.807) is 12.1 Å². The summed E-state index contributed by atoms with van der Waals surface area (Å²) in [5.41, 5.74) is 1.01. The van der Waals surface area contributed by atoms with Gasteiger partial charge in [-0.25, -0.2) is 4.79 Å². The van der Waals surface area contributed by atoms with E-state index in [4.69, 9.17) is 13.9 Å². The summed E-state index contributed by atoms with van der Waals surface area (Å²) in [5, 5.41) is 12.7. The second-order valence-corrected chi connectivity index (χ2v) is 8.56. The third-order valence-corrected chi connectivity index (χ3v) is 5.74. The Morgan fingerprint density at radius 1 is 0.857 bits per heavy atom. The number of phenols is 1. The molecule has 5 aromatic rings. The lowest BCUT2D eigenvalue weighted by molar-refractivity contribution is 0.261. The van der Waals surface area contributed by atoms with Gasteiger partial charge in [-0.05, 0) is 66.8 Å². The largest absolute Gasteiger partial charge is 0.508 e. The number of aromatic hydroxyl groups is 1. The van der Waals surface area contributed by atoms with Crippen molar-refractivity contribution >= 4 is 21.7 Å². The molecule has 1 aromatic heterocycles. The van der Waals surface area contributed by atoms with Crippen LogP contribution in [0.3, 0.4) is 0 Å². The molecule has 0 aliphatic carbocycles. The molecule has 1 N–H and O–H groups in total. The van der Waals surface area contributed by atoms with Crippen LogP contribution in [-0.2, 0) is 0 Å². The first kappa shape index (κ1) is 22.5. The lowest BCUT2D eigenvalue weighted by atomic mass is 10.0. The number of nitrogens with zero attached hydrogens (tertiary/aromatic N) is 1. The van der Waals surface area contributed by atoms with E-state index in [-0.39, 0.29) is 17.1 Å². The summed E-state index contributed by atoms with van der Waals surface area (Å²) in [6, 6.07) is 25.8. The van der Waals surface area contributed by atoms with E-state index in [0.29, 0.717) is 23.3 Å². The molecule has 0 radical (unpaired) electrons. The van der Waals surface area contributed by atoms with Crippen molar-refractivity contribution in [1.29, 1.82) is 0 Å². The van der Waals surface area contributed by atoms with E-state index < -0.39 is 5.63 Å². The number of ether oxygens (including phenoxy) is 2. The lowest BCUT2D eigenvalue weighted by Crippen LogP contribution is -2.19. The molecule has 0 atom stereocenters. The number of likely N-dealkylation sites (N-methyl/N-ethyl adjacent to an activating group) is 1. The fourth-order valence-electron chi connectivity index (χ4n) is 3.96. The maximum absolute atomic E-state index is 13.1. The van der Waals surface area contributed by atoms with Crippen LogP contribution in [0.5, 0.6) is 23.0 Å². The topological polar surface area (TPSA) is 72.1 Å². The SMILES string of the molecule is CN(C)CCOc1ccc(-c2c(Oc3ccc4ccccc4c3)c(=O)oc3cc(O)ccc23)cc1. The summed E-state index contributed by atoms with van der Waals surface area (Å²) in [6.07, 6.45) is 0. The highest BCUT2D eigenvalue weighted by atomic mass is 16.5. The van der Waals surface area contributed by atoms with Crippen molar-refractivity contribution in [2.24, 2.45) is 0 Å². The molecule has 6 heteroatoms. The second-order valence-electron chi connectivity index (χ2n) is 8.56. The molecule has 0 unspecified atom stereocenters. The van der Waals surface area contributed by atoms with Gasteiger partial charge in [0.2, 0.25) is 5.75 Å². The average Bonchev–Trinajstić information content (AvgIpc) is 2.85. The van der Waals surface area contributed by atoms with Crippen LogP contribution < -0.4 is 15.1 Å². The number of rotatable bonds is 7. The van der Waals surface area contributed by atoms with Crippen LogP contribution >= 0.6 is 0 Å². The molecule has 0 saturated carbocycles. The molecule has 6 nitrogen and oxygen atoms in total. The molecule has 0 bridgehead atoms. The minimum Gasteiger partial charge on any atom is -0.508 e. The van der Waals surface area contributed by atoms with Crippen molar-refractivity contribution in [3.05, 3.63) is 95.3 Å². The first-order chi connectivity index (χ1) is 17.0. The van der Waals surface area contributed by atoms with Crippen molar-refractivity contribution in [3.8, 4) is 34.1 Å². The molecular formula is C29H25NO5. The molecule has 176 valence electrons. The standard InChI is InChI=1S/C29H25NO5/c1-30(2)15-16-33-23-11-8-20(9-12-23)27-25-14-10-22(31)18-26(25)35-29(32)28(27)34-24-13-7-19-5-3-4-6-21(19)17-24/h3-14,17-18,31H,15-16H2,1-2H3. The molecule has 0 spiro atoms. The van der Waals surface area contributed by atoms with E-state index in [2.05, 4.69) is 4.90 Å². The average molecular weight is 468 g/mol. The van der Waals surface area contributed by atoms with Crippen LogP contribution in [0.4, 0.5) is 0 Å². The molecule has 0 aliphatic rings. The van der Waals surface area contributed by atoms with Gasteiger partial charge < -0.3 is 23.9 Å². The molecule has 4 aromatic carbocycles. The molecule has 1 heterocycles. The predicted octanol–water partition coefficient (Wildman–Crippen LogP) is 6.05. The minimum atomic E-state index is -0.627. The van der Waals surface area contributed by atoms with Gasteiger partial charge in [0.05, 0.1) is 0 Å². The van der Waals surface area contributed by atoms with Crippen molar-refractivity contribution in [3.63, 3.8) is 0 Å². The van der Waals surface area contributed by atoms with Gasteiger partial charge in [-0.3, -0.25) is 0 Å². The first-order valence-electron chi connectivity index (χ1n) is 11.3. The van der Waals surface area contributed by atoms with Gasteiger partial charge in [-0.2, -0.15) is 0 Å². The lowest BCUT2D eigenvalue weighted by Gasteiger charge is -2.14. The van der Waals surface area contributed by atoms with E-state index in [0.717, 1.165) is 28.6 Å². The van der Waals surface area contributed by atoms with Gasteiger partial charge in [0.1, 0.15) is 29.4 Å². The van der Waals surface area contributed by atoms with Crippen LogP contribution in [0.15, 0.2) is 94.1 Å². The Balaban J connectivity index is 1.59. The van der Waals surface area contributed by atoms with Crippen LogP contribution in [0, 0.1) is 0 Å². The molecule has 0 saturated heterocycles. The van der Waals surface area contributed by atoms with Gasteiger partial charge in [0, 0.05) is 23.6 Å². The highest BCUT2D eigenvalue weighted by molar-refractivity contribution is 5.97. The maximum Gasteiger partial charge on any atom is 0.380 e. The normalized spacial score (nSPS) is 11.3. The molecule has 0 fully saturated rings. The van der Waals surface area contributed by atoms with Gasteiger partial charge in [0.15, 0.2) is 0 Å². The summed E-state index contributed by atoms with van der Waals surface area (Å²) in [6.45, 7) is 1.37. The zero-order chi connectivity index (χ0) is 24.4. The van der Waals surface area contributed by atoms with Crippen molar-refractivity contribution in [1.82, 2.24) is 4.90 Å². The van der Waals surface area contributed by atoms with Gasteiger partial charge in [-0.1, -0.05) is 42.5 Å². The first-order valence-corrected chi connectivity index (χ1v) is 11.3. The van der Waals surface area contributed by atoms with Crippen LogP contribution in [-0.4, -0.2) is 37.3 Å². The number of benzene rings is 4. The number of fused-ring (bicyclic) bond motifs is 2. The van der Waals surface area contributed by atoms with E-state index in [1.807, 2.05) is 80.8 Å². The molecule has 0 aliphatic heterocycles. The van der Waals surface area contributed by atoms with Crippen molar-refractivity contribution in [2.75, 3.05) is 27.2 Å². The summed E-state index contributed by atoms with van der Waals surface area (Å²) >= 11 is 0. The van der Waals surface area contributed by atoms with Crippen molar-refractivity contribution in [2.45, 2.75) is 0 Å². The van der Waals surface area contributed by atoms with Gasteiger partial charge in [-0.15, -0.1) is 0 Å². The maximum atomic E-state index is 13.1. The summed E-state index contributed by atoms with van der Waals surface area (Å²) in [7, 11) is 3.99. The smallest absolute Gasteiger partial charge is 0.380 e. The Hall–Kier alpha value is -4.29. The molecule has 0 amide bonds. The zero-order valence-corrected chi connectivity index (χ0v) is 19.5. The quantitative estimate of drug-likeness (QED) is 0.294. The Kier molecular flexibility index (Phi) is 6.12. The monoisotopic (exact) mass is 467 g/mol. The zero-order valence-electron chi connectivity index (χ0n) is 19.5. The predicted molar refractivity (Wildman–Crippen MR) is 138 cm³/mol. The summed E-state index contributed by atoms with van der Waals surface area (Å²) in [5.74, 6) is 1.36. The van der Waals surface area contributed by atoms with Crippen LogP contribution in [0.25, 0.3) is 32.9 Å². The Bertz CT molecular complexity index is 1550. The molecular weight excluding hydrogens is 442 g/mol. The highest BCUT2D eigenvalue weighted by Gasteiger charge is 2.19. The number of phenolic OH excluding ortho intramolecular Hbond substituents is 1. The second kappa shape index (κ2) is 9.52. The summed E-state index contributed by atoms with van der Waals surface area (Å²) in [4.78, 5) is 15.1. The van der Waals surface area contributed by atoms with Crippen LogP contribution in [0.1, 0.15) is 0 Å².